The van der Waals surface area contributed by atoms with E-state index in [1.807, 2.05) is 47.4 Å². The first-order chi connectivity index (χ1) is 13.1. The number of benzene rings is 2. The maximum absolute atomic E-state index is 12.7. The lowest BCUT2D eigenvalue weighted by atomic mass is 9.69. The van der Waals surface area contributed by atoms with E-state index in [9.17, 15) is 9.90 Å². The van der Waals surface area contributed by atoms with E-state index in [0.717, 1.165) is 49.0 Å². The van der Waals surface area contributed by atoms with Gasteiger partial charge in [0.1, 0.15) is 0 Å². The number of hydrogen-bond donors (Lipinski definition) is 2. The summed E-state index contributed by atoms with van der Waals surface area (Å²) in [6.45, 7) is 3.46. The first-order valence-corrected chi connectivity index (χ1v) is 10.0. The van der Waals surface area contributed by atoms with Gasteiger partial charge in [0.15, 0.2) is 0 Å². The highest BCUT2D eigenvalue weighted by molar-refractivity contribution is 5.90. The van der Waals surface area contributed by atoms with Crippen LogP contribution in [0.15, 0.2) is 54.6 Å². The molecule has 1 heterocycles. The predicted octanol–water partition coefficient (Wildman–Crippen LogP) is 4.76. The molecule has 2 aromatic rings. The standard InChI is InChI=1S/C23H28N2O2/c1-2-23(27)14-6-9-19-15-25(16-21(19)23)22(26)24-20-12-10-18(11-13-20)17-7-4-3-5-8-17/h3-5,7-8,10-13,19,21,27H,2,6,9,14-16H2,1H3,(H,24,26)/t19-,21+,23-/m1/s1. The van der Waals surface area contributed by atoms with Crippen LogP contribution in [0.4, 0.5) is 10.5 Å². The van der Waals surface area contributed by atoms with Crippen LogP contribution in [0, 0.1) is 11.8 Å². The molecule has 0 radical (unpaired) electrons. The number of anilines is 1. The average molecular weight is 364 g/mol. The van der Waals surface area contributed by atoms with Crippen LogP contribution in [-0.4, -0.2) is 34.7 Å². The van der Waals surface area contributed by atoms with Crippen molar-refractivity contribution in [3.05, 3.63) is 54.6 Å². The largest absolute Gasteiger partial charge is 0.390 e. The summed E-state index contributed by atoms with van der Waals surface area (Å²) >= 11 is 0. The third kappa shape index (κ3) is 3.59. The minimum atomic E-state index is -0.602. The van der Waals surface area contributed by atoms with Crippen LogP contribution in [0.3, 0.4) is 0 Å². The zero-order valence-electron chi connectivity index (χ0n) is 15.9. The number of likely N-dealkylation sites (tertiary alicyclic amines) is 1. The molecular formula is C23H28N2O2. The molecule has 3 atom stereocenters. The molecule has 1 aliphatic heterocycles. The molecule has 2 aliphatic rings. The summed E-state index contributed by atoms with van der Waals surface area (Å²) in [6.07, 6.45) is 3.80. The zero-order valence-corrected chi connectivity index (χ0v) is 15.9. The molecule has 1 aliphatic carbocycles. The molecule has 4 heteroatoms. The molecule has 2 aromatic carbocycles. The molecular weight excluding hydrogens is 336 g/mol. The summed E-state index contributed by atoms with van der Waals surface area (Å²) in [5.74, 6) is 0.636. The molecule has 0 aromatic heterocycles. The first kappa shape index (κ1) is 18.1. The fourth-order valence-electron chi connectivity index (χ4n) is 4.81. The van der Waals surface area contributed by atoms with Gasteiger partial charge in [-0.3, -0.25) is 0 Å². The summed E-state index contributed by atoms with van der Waals surface area (Å²) in [6, 6.07) is 18.1. The maximum atomic E-state index is 12.7. The Labute approximate surface area is 161 Å². The molecule has 1 saturated heterocycles. The lowest BCUT2D eigenvalue weighted by molar-refractivity contribution is -0.0607. The predicted molar refractivity (Wildman–Crippen MR) is 109 cm³/mol. The number of hydrogen-bond acceptors (Lipinski definition) is 2. The number of carbonyl (C=O) groups excluding carboxylic acids is 1. The van der Waals surface area contributed by atoms with Gasteiger partial charge >= 0.3 is 6.03 Å². The Hall–Kier alpha value is -2.33. The summed E-state index contributed by atoms with van der Waals surface area (Å²) in [5, 5.41) is 13.9. The Kier molecular flexibility index (Phi) is 4.92. The van der Waals surface area contributed by atoms with Crippen LogP contribution in [0.25, 0.3) is 11.1 Å². The lowest BCUT2D eigenvalue weighted by Crippen LogP contribution is -2.44. The smallest absolute Gasteiger partial charge is 0.321 e. The zero-order chi connectivity index (χ0) is 18.9. The second-order valence-corrected chi connectivity index (χ2v) is 7.99. The van der Waals surface area contributed by atoms with Crippen molar-refractivity contribution in [2.45, 2.75) is 38.2 Å². The second kappa shape index (κ2) is 7.35. The molecule has 4 nitrogen and oxygen atoms in total. The Morgan fingerprint density at radius 2 is 1.81 bits per heavy atom. The van der Waals surface area contributed by atoms with Crippen molar-refractivity contribution < 1.29 is 9.90 Å². The van der Waals surface area contributed by atoms with Gasteiger partial charge in [0.2, 0.25) is 0 Å². The number of nitrogens with one attached hydrogen (secondary N) is 1. The Morgan fingerprint density at radius 3 is 2.52 bits per heavy atom. The van der Waals surface area contributed by atoms with Gasteiger partial charge in [-0.15, -0.1) is 0 Å². The van der Waals surface area contributed by atoms with Gasteiger partial charge in [-0.05, 0) is 48.4 Å². The van der Waals surface area contributed by atoms with Gasteiger partial charge in [0, 0.05) is 24.7 Å². The van der Waals surface area contributed by atoms with Crippen molar-refractivity contribution in [1.82, 2.24) is 4.90 Å². The lowest BCUT2D eigenvalue weighted by Gasteiger charge is -2.40. The number of carbonyl (C=O) groups is 1. The van der Waals surface area contributed by atoms with Gasteiger partial charge in [0.25, 0.3) is 0 Å². The van der Waals surface area contributed by atoms with E-state index in [-0.39, 0.29) is 11.9 Å². The van der Waals surface area contributed by atoms with Crippen LogP contribution in [0.2, 0.25) is 0 Å². The second-order valence-electron chi connectivity index (χ2n) is 7.99. The van der Waals surface area contributed by atoms with E-state index in [4.69, 9.17) is 0 Å². The quantitative estimate of drug-likeness (QED) is 0.825. The minimum absolute atomic E-state index is 0.0599. The van der Waals surface area contributed by atoms with Crippen LogP contribution in [-0.2, 0) is 0 Å². The Balaban J connectivity index is 1.41. The summed E-state index contributed by atoms with van der Waals surface area (Å²) < 4.78 is 0. The number of rotatable bonds is 3. The maximum Gasteiger partial charge on any atom is 0.321 e. The molecule has 0 spiro atoms. The fraction of sp³-hybridized carbons (Fsp3) is 0.435. The highest BCUT2D eigenvalue weighted by Crippen LogP contribution is 2.44. The Bertz CT molecular complexity index is 790. The average Bonchev–Trinajstić information content (AvgIpc) is 3.16. The molecule has 4 rings (SSSR count). The van der Waals surface area contributed by atoms with Crippen LogP contribution in [0.5, 0.6) is 0 Å². The summed E-state index contributed by atoms with van der Waals surface area (Å²) in [7, 11) is 0. The van der Waals surface area contributed by atoms with E-state index in [1.165, 1.54) is 0 Å². The van der Waals surface area contributed by atoms with E-state index >= 15 is 0 Å². The first-order valence-electron chi connectivity index (χ1n) is 10.0. The van der Waals surface area contributed by atoms with E-state index in [2.05, 4.69) is 24.4 Å². The minimum Gasteiger partial charge on any atom is -0.390 e. The molecule has 2 amide bonds. The van der Waals surface area contributed by atoms with Crippen molar-refractivity contribution in [2.24, 2.45) is 11.8 Å². The highest BCUT2D eigenvalue weighted by Gasteiger charge is 2.48. The highest BCUT2D eigenvalue weighted by atomic mass is 16.3. The summed E-state index contributed by atoms with van der Waals surface area (Å²) in [4.78, 5) is 14.6. The molecule has 0 bridgehead atoms. The molecule has 2 N–H and O–H groups in total. The fourth-order valence-corrected chi connectivity index (χ4v) is 4.81. The van der Waals surface area contributed by atoms with Crippen molar-refractivity contribution in [3.8, 4) is 11.1 Å². The number of urea groups is 1. The normalized spacial score (nSPS) is 27.3. The van der Waals surface area contributed by atoms with Crippen molar-refractivity contribution >= 4 is 11.7 Å². The van der Waals surface area contributed by atoms with Crippen molar-refractivity contribution in [3.63, 3.8) is 0 Å². The SMILES string of the molecule is CC[C@@]1(O)CCC[C@@H]2CN(C(=O)Nc3ccc(-c4ccccc4)cc3)C[C@@H]21. The topological polar surface area (TPSA) is 52.6 Å². The van der Waals surface area contributed by atoms with Gasteiger partial charge in [-0.1, -0.05) is 55.8 Å². The van der Waals surface area contributed by atoms with Gasteiger partial charge < -0.3 is 15.3 Å². The van der Waals surface area contributed by atoms with E-state index in [0.29, 0.717) is 12.5 Å². The van der Waals surface area contributed by atoms with E-state index < -0.39 is 5.60 Å². The molecule has 2 fully saturated rings. The molecule has 1 saturated carbocycles. The third-order valence-electron chi connectivity index (χ3n) is 6.46. The van der Waals surface area contributed by atoms with Crippen LogP contribution in [0.1, 0.15) is 32.6 Å². The van der Waals surface area contributed by atoms with E-state index in [1.54, 1.807) is 0 Å². The van der Waals surface area contributed by atoms with Gasteiger partial charge in [0.05, 0.1) is 5.60 Å². The Morgan fingerprint density at radius 1 is 1.11 bits per heavy atom. The third-order valence-corrected chi connectivity index (χ3v) is 6.46. The molecule has 142 valence electrons. The number of amides is 2. The van der Waals surface area contributed by atoms with Gasteiger partial charge in [-0.2, -0.15) is 0 Å². The molecule has 27 heavy (non-hydrogen) atoms. The number of nitrogens with zero attached hydrogens (tertiary/aromatic N) is 1. The number of aliphatic hydroxyl groups is 1. The number of fused-ring (bicyclic) bond motifs is 1. The van der Waals surface area contributed by atoms with Crippen molar-refractivity contribution in [2.75, 3.05) is 18.4 Å². The van der Waals surface area contributed by atoms with Crippen LogP contribution >= 0.6 is 0 Å². The van der Waals surface area contributed by atoms with Gasteiger partial charge in [-0.25, -0.2) is 4.79 Å². The monoisotopic (exact) mass is 364 g/mol. The summed E-state index contributed by atoms with van der Waals surface area (Å²) in [5.41, 5.74) is 2.50. The molecule has 0 unspecified atom stereocenters. The van der Waals surface area contributed by atoms with Crippen LogP contribution < -0.4 is 5.32 Å². The van der Waals surface area contributed by atoms with Crippen molar-refractivity contribution in [1.29, 1.82) is 0 Å².